The molecule has 0 aliphatic heterocycles. The van der Waals surface area contributed by atoms with Gasteiger partial charge in [0.15, 0.2) is 0 Å². The molecule has 1 nitrogen and oxygen atoms in total. The van der Waals surface area contributed by atoms with Gasteiger partial charge in [-0.05, 0) is 36.6 Å². The van der Waals surface area contributed by atoms with E-state index >= 15 is 0 Å². The van der Waals surface area contributed by atoms with Gasteiger partial charge in [0.05, 0.1) is 0 Å². The second-order valence-electron chi connectivity index (χ2n) is 2.89. The highest BCUT2D eigenvalue weighted by molar-refractivity contribution is 6.30. The van der Waals surface area contributed by atoms with E-state index in [4.69, 9.17) is 17.3 Å². The molecule has 0 radical (unpaired) electrons. The van der Waals surface area contributed by atoms with E-state index in [1.165, 1.54) is 5.56 Å². The molecule has 0 fully saturated rings. The van der Waals surface area contributed by atoms with Gasteiger partial charge in [-0.3, -0.25) is 0 Å². The molecule has 0 saturated heterocycles. The summed E-state index contributed by atoms with van der Waals surface area (Å²) in [4.78, 5) is 0. The fourth-order valence-corrected chi connectivity index (χ4v) is 1.40. The van der Waals surface area contributed by atoms with Crippen LogP contribution in [0.5, 0.6) is 0 Å². The molecular weight excluding hydrogens is 194 g/mol. The maximum atomic E-state index is 5.77. The summed E-state index contributed by atoms with van der Waals surface area (Å²) in [5, 5.41) is 0.783. The Hall–Kier alpha value is -0.530. The Morgan fingerprint density at radius 2 is 1.71 bits per heavy atom. The van der Waals surface area contributed by atoms with Gasteiger partial charge in [-0.2, -0.15) is 0 Å². The monoisotopic (exact) mass is 213 g/mol. The molecule has 0 aliphatic rings. The van der Waals surface area contributed by atoms with Crippen LogP contribution < -0.4 is 5.73 Å². The van der Waals surface area contributed by atoms with E-state index in [1.807, 2.05) is 38.1 Å². The zero-order valence-electron chi connectivity index (χ0n) is 9.26. The molecular formula is C12H20ClN. The van der Waals surface area contributed by atoms with Crippen LogP contribution in [-0.2, 0) is 0 Å². The van der Waals surface area contributed by atoms with E-state index in [0.29, 0.717) is 12.5 Å². The third-order valence-corrected chi connectivity index (χ3v) is 2.37. The lowest BCUT2D eigenvalue weighted by Gasteiger charge is -2.11. The van der Waals surface area contributed by atoms with Crippen molar-refractivity contribution in [2.75, 3.05) is 6.54 Å². The van der Waals surface area contributed by atoms with Gasteiger partial charge in [-0.25, -0.2) is 0 Å². The molecule has 2 N–H and O–H groups in total. The number of rotatable bonds is 3. The van der Waals surface area contributed by atoms with Crippen molar-refractivity contribution in [2.24, 2.45) is 5.73 Å². The fourth-order valence-electron chi connectivity index (χ4n) is 1.27. The van der Waals surface area contributed by atoms with E-state index in [2.05, 4.69) is 6.92 Å². The predicted molar refractivity (Wildman–Crippen MR) is 64.9 cm³/mol. The van der Waals surface area contributed by atoms with E-state index in [-0.39, 0.29) is 0 Å². The van der Waals surface area contributed by atoms with E-state index in [0.717, 1.165) is 11.4 Å². The van der Waals surface area contributed by atoms with Crippen molar-refractivity contribution in [2.45, 2.75) is 33.1 Å². The van der Waals surface area contributed by atoms with Gasteiger partial charge in [0.2, 0.25) is 0 Å². The topological polar surface area (TPSA) is 26.0 Å². The summed E-state index contributed by atoms with van der Waals surface area (Å²) in [5.41, 5.74) is 6.90. The predicted octanol–water partition coefficient (Wildman–Crippen LogP) is 3.82. The molecule has 0 saturated carbocycles. The number of halogens is 1. The van der Waals surface area contributed by atoms with E-state index in [9.17, 15) is 0 Å². The molecule has 0 amide bonds. The molecule has 80 valence electrons. The minimum absolute atomic E-state index is 0.474. The summed E-state index contributed by atoms with van der Waals surface area (Å²) in [7, 11) is 0. The van der Waals surface area contributed by atoms with Crippen LogP contribution in [-0.4, -0.2) is 6.54 Å². The highest BCUT2D eigenvalue weighted by atomic mass is 35.5. The standard InChI is InChI=1S/C10H14ClN.C2H6/c1-2-8(7-12)9-3-5-10(11)6-4-9;1-2/h3-6,8H,2,7,12H2,1H3;1-2H3. The first kappa shape index (κ1) is 13.5. The highest BCUT2D eigenvalue weighted by Gasteiger charge is 2.05. The van der Waals surface area contributed by atoms with Crippen LogP contribution in [0.15, 0.2) is 24.3 Å². The summed E-state index contributed by atoms with van der Waals surface area (Å²) in [6.45, 7) is 6.85. The number of benzene rings is 1. The molecule has 1 aromatic rings. The minimum Gasteiger partial charge on any atom is -0.330 e. The van der Waals surface area contributed by atoms with Crippen molar-refractivity contribution >= 4 is 11.6 Å². The Morgan fingerprint density at radius 1 is 1.21 bits per heavy atom. The van der Waals surface area contributed by atoms with Crippen molar-refractivity contribution in [3.05, 3.63) is 34.9 Å². The summed E-state index contributed by atoms with van der Waals surface area (Å²) in [6, 6.07) is 7.91. The normalized spacial score (nSPS) is 11.5. The molecule has 0 heterocycles. The Bertz CT molecular complexity index is 227. The third-order valence-electron chi connectivity index (χ3n) is 2.12. The Morgan fingerprint density at radius 3 is 2.07 bits per heavy atom. The first-order chi connectivity index (χ1) is 6.77. The maximum Gasteiger partial charge on any atom is 0.0406 e. The molecule has 0 spiro atoms. The van der Waals surface area contributed by atoms with Crippen molar-refractivity contribution in [3.63, 3.8) is 0 Å². The van der Waals surface area contributed by atoms with Crippen LogP contribution in [0.3, 0.4) is 0 Å². The van der Waals surface area contributed by atoms with Crippen molar-refractivity contribution in [3.8, 4) is 0 Å². The molecule has 2 heteroatoms. The smallest absolute Gasteiger partial charge is 0.0406 e. The van der Waals surface area contributed by atoms with E-state index < -0.39 is 0 Å². The molecule has 1 unspecified atom stereocenters. The zero-order chi connectivity index (χ0) is 11.0. The van der Waals surface area contributed by atoms with Crippen LogP contribution >= 0.6 is 11.6 Å². The maximum absolute atomic E-state index is 5.77. The average molecular weight is 214 g/mol. The van der Waals surface area contributed by atoms with Crippen LogP contribution in [0.4, 0.5) is 0 Å². The van der Waals surface area contributed by atoms with Gasteiger partial charge < -0.3 is 5.73 Å². The van der Waals surface area contributed by atoms with Crippen LogP contribution in [0.2, 0.25) is 5.02 Å². The average Bonchev–Trinajstić information content (AvgIpc) is 2.25. The first-order valence-corrected chi connectivity index (χ1v) is 5.61. The summed E-state index contributed by atoms with van der Waals surface area (Å²) in [6.07, 6.45) is 1.08. The van der Waals surface area contributed by atoms with Crippen molar-refractivity contribution in [1.29, 1.82) is 0 Å². The van der Waals surface area contributed by atoms with Gasteiger partial charge in [-0.1, -0.05) is 44.5 Å². The lowest BCUT2D eigenvalue weighted by molar-refractivity contribution is 0.674. The van der Waals surface area contributed by atoms with Crippen LogP contribution in [0.25, 0.3) is 0 Å². The highest BCUT2D eigenvalue weighted by Crippen LogP contribution is 2.19. The van der Waals surface area contributed by atoms with Gasteiger partial charge >= 0.3 is 0 Å². The molecule has 1 atom stereocenters. The molecule has 0 aliphatic carbocycles. The van der Waals surface area contributed by atoms with Gasteiger partial charge in [0.1, 0.15) is 0 Å². The lowest BCUT2D eigenvalue weighted by atomic mass is 9.97. The fraction of sp³-hybridized carbons (Fsp3) is 0.500. The van der Waals surface area contributed by atoms with Gasteiger partial charge in [-0.15, -0.1) is 0 Å². The second kappa shape index (κ2) is 7.84. The van der Waals surface area contributed by atoms with Gasteiger partial charge in [0.25, 0.3) is 0 Å². The number of hydrogen-bond donors (Lipinski definition) is 1. The van der Waals surface area contributed by atoms with Crippen molar-refractivity contribution < 1.29 is 0 Å². The number of hydrogen-bond acceptors (Lipinski definition) is 1. The SMILES string of the molecule is CC.CCC(CN)c1ccc(Cl)cc1. The molecule has 1 rings (SSSR count). The van der Waals surface area contributed by atoms with E-state index in [1.54, 1.807) is 0 Å². The Labute approximate surface area is 92.3 Å². The minimum atomic E-state index is 0.474. The van der Waals surface area contributed by atoms with Crippen molar-refractivity contribution in [1.82, 2.24) is 0 Å². The largest absolute Gasteiger partial charge is 0.330 e. The number of nitrogens with two attached hydrogens (primary N) is 1. The third kappa shape index (κ3) is 4.12. The Balaban J connectivity index is 0.000000791. The van der Waals surface area contributed by atoms with Gasteiger partial charge in [0, 0.05) is 5.02 Å². The van der Waals surface area contributed by atoms with Crippen LogP contribution in [0, 0.1) is 0 Å². The summed E-state index contributed by atoms with van der Waals surface area (Å²) >= 11 is 5.77. The lowest BCUT2D eigenvalue weighted by Crippen LogP contribution is -2.11. The second-order valence-corrected chi connectivity index (χ2v) is 3.33. The summed E-state index contributed by atoms with van der Waals surface area (Å²) in [5.74, 6) is 0.474. The molecule has 0 bridgehead atoms. The quantitative estimate of drug-likeness (QED) is 0.812. The molecule has 0 aromatic heterocycles. The summed E-state index contributed by atoms with van der Waals surface area (Å²) < 4.78 is 0. The van der Waals surface area contributed by atoms with Crippen LogP contribution in [0.1, 0.15) is 38.7 Å². The molecule has 1 aromatic carbocycles. The zero-order valence-corrected chi connectivity index (χ0v) is 10.0. The first-order valence-electron chi connectivity index (χ1n) is 5.23. The molecule has 14 heavy (non-hydrogen) atoms. The Kier molecular flexibility index (Phi) is 7.54.